The largest absolute Gasteiger partial charge is 0.497 e. The number of hydrogen-bond acceptors (Lipinski definition) is 5. The molecule has 0 bridgehead atoms. The number of amides is 2. The first-order valence-corrected chi connectivity index (χ1v) is 13.7. The first-order valence-electron chi connectivity index (χ1n) is 13.3. The van der Waals surface area contributed by atoms with Gasteiger partial charge in [0.1, 0.15) is 11.6 Å². The van der Waals surface area contributed by atoms with Crippen LogP contribution in [0.3, 0.4) is 0 Å². The first-order chi connectivity index (χ1) is 19.4. The van der Waals surface area contributed by atoms with E-state index in [1.54, 1.807) is 24.3 Å². The Morgan fingerprint density at radius 3 is 2.48 bits per heavy atom. The number of likely N-dealkylation sites (tertiary alicyclic amines) is 1. The number of ether oxygens (including phenoxy) is 2. The minimum absolute atomic E-state index is 0.111. The number of rotatable bonds is 11. The van der Waals surface area contributed by atoms with Gasteiger partial charge in [-0.25, -0.2) is 9.18 Å². The Morgan fingerprint density at radius 2 is 1.80 bits per heavy atom. The topological polar surface area (TPSA) is 79.9 Å². The van der Waals surface area contributed by atoms with Crippen LogP contribution in [0, 0.1) is 11.7 Å². The standard InChI is InChI=1S/C31H35ClFN3O4/c1-39-24-14-15-25(28(33)17-24)26-19-36(18-21-7-4-3-5-8-21)20-27(26)30(37)34-16-6-9-29(35-31(38)40-2)22-10-12-23(32)13-11-22/h3-5,7-8,10-15,17,26-27,29H,6,9,16,18-20H2,1-2H3,(H,34,37)(H,35,38)/t26-,27+,29?/m0/s1. The van der Waals surface area contributed by atoms with Crippen LogP contribution in [0.25, 0.3) is 0 Å². The van der Waals surface area contributed by atoms with Crippen molar-refractivity contribution in [1.29, 1.82) is 0 Å². The summed E-state index contributed by atoms with van der Waals surface area (Å²) in [5.74, 6) is -0.746. The van der Waals surface area contributed by atoms with Gasteiger partial charge in [0.15, 0.2) is 0 Å². The van der Waals surface area contributed by atoms with Gasteiger partial charge in [-0.3, -0.25) is 9.69 Å². The smallest absolute Gasteiger partial charge is 0.407 e. The molecule has 1 fully saturated rings. The van der Waals surface area contributed by atoms with Gasteiger partial charge in [0.25, 0.3) is 0 Å². The second-order valence-corrected chi connectivity index (χ2v) is 10.4. The van der Waals surface area contributed by atoms with Gasteiger partial charge in [0.2, 0.25) is 5.91 Å². The summed E-state index contributed by atoms with van der Waals surface area (Å²) in [5, 5.41) is 6.50. The zero-order valence-electron chi connectivity index (χ0n) is 22.7. The van der Waals surface area contributed by atoms with Crippen LogP contribution in [0.5, 0.6) is 5.75 Å². The zero-order valence-corrected chi connectivity index (χ0v) is 23.5. The van der Waals surface area contributed by atoms with E-state index in [2.05, 4.69) is 27.7 Å². The molecule has 7 nitrogen and oxygen atoms in total. The molecule has 1 unspecified atom stereocenters. The number of hydrogen-bond donors (Lipinski definition) is 2. The summed E-state index contributed by atoms with van der Waals surface area (Å²) in [4.78, 5) is 27.6. The number of alkyl carbamates (subject to hydrolysis) is 1. The molecule has 3 atom stereocenters. The average Bonchev–Trinajstić information content (AvgIpc) is 3.38. The molecule has 0 saturated carbocycles. The van der Waals surface area contributed by atoms with E-state index in [4.69, 9.17) is 21.1 Å². The maximum absolute atomic E-state index is 15.1. The maximum atomic E-state index is 15.1. The van der Waals surface area contributed by atoms with Crippen molar-refractivity contribution >= 4 is 23.6 Å². The Hall–Kier alpha value is -3.62. The van der Waals surface area contributed by atoms with Crippen LogP contribution >= 0.6 is 11.6 Å². The van der Waals surface area contributed by atoms with Crippen molar-refractivity contribution in [3.05, 3.63) is 100 Å². The van der Waals surface area contributed by atoms with Crippen LogP contribution < -0.4 is 15.4 Å². The fraction of sp³-hybridized carbons (Fsp3) is 0.355. The van der Waals surface area contributed by atoms with Crippen molar-refractivity contribution in [3.8, 4) is 5.75 Å². The van der Waals surface area contributed by atoms with Crippen LogP contribution in [-0.4, -0.2) is 50.8 Å². The van der Waals surface area contributed by atoms with Gasteiger partial charge in [0, 0.05) is 43.2 Å². The van der Waals surface area contributed by atoms with E-state index in [-0.39, 0.29) is 23.7 Å². The lowest BCUT2D eigenvalue weighted by Gasteiger charge is -2.21. The quantitative estimate of drug-likeness (QED) is 0.291. The highest BCUT2D eigenvalue weighted by atomic mass is 35.5. The van der Waals surface area contributed by atoms with Gasteiger partial charge in [-0.05, 0) is 47.7 Å². The van der Waals surface area contributed by atoms with Gasteiger partial charge in [-0.1, -0.05) is 60.1 Å². The maximum Gasteiger partial charge on any atom is 0.407 e. The Kier molecular flexibility index (Phi) is 10.4. The molecule has 2 amide bonds. The SMILES string of the molecule is COC(=O)NC(CCCNC(=O)[C@@H]1CN(Cc2ccccc2)C[C@H]1c1ccc(OC)cc1F)c1ccc(Cl)cc1. The van der Waals surface area contributed by atoms with E-state index in [1.807, 2.05) is 30.3 Å². The first kappa shape index (κ1) is 29.4. The van der Waals surface area contributed by atoms with E-state index < -0.39 is 12.0 Å². The van der Waals surface area contributed by atoms with E-state index >= 15 is 4.39 Å². The van der Waals surface area contributed by atoms with Crippen molar-refractivity contribution < 1.29 is 23.5 Å². The summed E-state index contributed by atoms with van der Waals surface area (Å²) in [6.07, 6.45) is 0.668. The molecule has 0 aliphatic carbocycles. The fourth-order valence-corrected chi connectivity index (χ4v) is 5.37. The molecule has 2 N–H and O–H groups in total. The number of benzene rings is 3. The van der Waals surface area contributed by atoms with Crippen molar-refractivity contribution in [3.63, 3.8) is 0 Å². The van der Waals surface area contributed by atoms with Gasteiger partial charge in [-0.15, -0.1) is 0 Å². The third kappa shape index (κ3) is 7.73. The van der Waals surface area contributed by atoms with Crippen molar-refractivity contribution in [1.82, 2.24) is 15.5 Å². The lowest BCUT2D eigenvalue weighted by atomic mass is 9.88. The van der Waals surface area contributed by atoms with Crippen LogP contribution in [-0.2, 0) is 16.1 Å². The minimum atomic E-state index is -0.530. The molecule has 0 spiro atoms. The Balaban J connectivity index is 1.41. The number of nitrogens with one attached hydrogen (secondary N) is 2. The van der Waals surface area contributed by atoms with E-state index in [9.17, 15) is 9.59 Å². The average molecular weight is 568 g/mol. The molecule has 212 valence electrons. The highest BCUT2D eigenvalue weighted by Crippen LogP contribution is 2.36. The molecule has 1 heterocycles. The highest BCUT2D eigenvalue weighted by Gasteiger charge is 2.39. The van der Waals surface area contributed by atoms with Gasteiger partial charge < -0.3 is 20.1 Å². The Bertz CT molecular complexity index is 1280. The van der Waals surface area contributed by atoms with E-state index in [0.29, 0.717) is 55.4 Å². The molecule has 1 saturated heterocycles. The number of carbonyl (C=O) groups excluding carboxylic acids is 2. The predicted molar refractivity (Wildman–Crippen MR) is 153 cm³/mol. The third-order valence-electron chi connectivity index (χ3n) is 7.31. The highest BCUT2D eigenvalue weighted by molar-refractivity contribution is 6.30. The third-order valence-corrected chi connectivity index (χ3v) is 7.56. The number of nitrogens with zero attached hydrogens (tertiary/aromatic N) is 1. The molecule has 1 aliphatic heterocycles. The molecule has 3 aromatic rings. The molecular formula is C31H35ClFN3O4. The summed E-state index contributed by atoms with van der Waals surface area (Å²) < 4.78 is 25.1. The summed E-state index contributed by atoms with van der Waals surface area (Å²) >= 11 is 6.02. The number of carbonyl (C=O) groups is 2. The van der Waals surface area contributed by atoms with Gasteiger partial charge >= 0.3 is 6.09 Å². The summed E-state index contributed by atoms with van der Waals surface area (Å²) in [5.41, 5.74) is 2.55. The summed E-state index contributed by atoms with van der Waals surface area (Å²) in [6, 6.07) is 21.8. The van der Waals surface area contributed by atoms with Crippen LogP contribution in [0.4, 0.5) is 9.18 Å². The monoisotopic (exact) mass is 567 g/mol. The van der Waals surface area contributed by atoms with E-state index in [1.165, 1.54) is 20.3 Å². The van der Waals surface area contributed by atoms with Crippen LogP contribution in [0.15, 0.2) is 72.8 Å². The lowest BCUT2D eigenvalue weighted by molar-refractivity contribution is -0.125. The number of methoxy groups -OCH3 is 2. The van der Waals surface area contributed by atoms with Crippen molar-refractivity contribution in [2.75, 3.05) is 33.9 Å². The van der Waals surface area contributed by atoms with Crippen LogP contribution in [0.2, 0.25) is 5.02 Å². The van der Waals surface area contributed by atoms with E-state index in [0.717, 1.165) is 11.1 Å². The molecule has 0 aromatic heterocycles. The minimum Gasteiger partial charge on any atom is -0.497 e. The summed E-state index contributed by atoms with van der Waals surface area (Å²) in [7, 11) is 2.82. The molecule has 4 rings (SSSR count). The van der Waals surface area contributed by atoms with Gasteiger partial charge in [-0.2, -0.15) is 0 Å². The second-order valence-electron chi connectivity index (χ2n) is 9.95. The molecule has 0 radical (unpaired) electrons. The number of halogens is 2. The molecule has 1 aliphatic rings. The fourth-order valence-electron chi connectivity index (χ4n) is 5.24. The Morgan fingerprint density at radius 1 is 1.05 bits per heavy atom. The van der Waals surface area contributed by atoms with Gasteiger partial charge in [0.05, 0.1) is 26.2 Å². The van der Waals surface area contributed by atoms with Crippen LogP contribution in [0.1, 0.15) is 41.5 Å². The molecule has 9 heteroatoms. The second kappa shape index (κ2) is 14.1. The summed E-state index contributed by atoms with van der Waals surface area (Å²) in [6.45, 7) is 2.19. The Labute approximate surface area is 239 Å². The molecule has 3 aromatic carbocycles. The van der Waals surface area contributed by atoms with Crippen molar-refractivity contribution in [2.45, 2.75) is 31.3 Å². The zero-order chi connectivity index (χ0) is 28.5. The van der Waals surface area contributed by atoms with Crippen molar-refractivity contribution in [2.24, 2.45) is 5.92 Å². The molecular weight excluding hydrogens is 533 g/mol. The lowest BCUT2D eigenvalue weighted by Crippen LogP contribution is -2.36. The predicted octanol–water partition coefficient (Wildman–Crippen LogP) is 5.70. The normalized spacial score (nSPS) is 17.7. The molecule has 40 heavy (non-hydrogen) atoms.